The van der Waals surface area contributed by atoms with Gasteiger partial charge in [-0.1, -0.05) is 36.4 Å². The molecule has 7 heteroatoms. The van der Waals surface area contributed by atoms with Crippen molar-refractivity contribution in [1.82, 2.24) is 15.4 Å². The average molecular weight is 348 g/mol. The molecular weight excluding hydrogens is 328 g/mol. The van der Waals surface area contributed by atoms with E-state index in [1.807, 2.05) is 56.3 Å². The molecule has 0 aliphatic heterocycles. The zero-order valence-corrected chi connectivity index (χ0v) is 14.6. The fourth-order valence-corrected chi connectivity index (χ4v) is 2.45. The first-order chi connectivity index (χ1) is 12.6. The number of carbonyl (C=O) groups is 1. The summed E-state index contributed by atoms with van der Waals surface area (Å²) in [4.78, 5) is 20.6. The van der Waals surface area contributed by atoms with Crippen LogP contribution in [0, 0.1) is 13.8 Å². The molecular formula is C19H20N6O. The van der Waals surface area contributed by atoms with Crippen molar-refractivity contribution in [3.63, 3.8) is 0 Å². The molecule has 1 aromatic heterocycles. The van der Waals surface area contributed by atoms with Crippen LogP contribution in [0.4, 0.5) is 23.0 Å². The predicted molar refractivity (Wildman–Crippen MR) is 103 cm³/mol. The third-order valence-corrected chi connectivity index (χ3v) is 3.97. The number of nitrogens with one attached hydrogen (secondary N) is 3. The lowest BCUT2D eigenvalue weighted by atomic mass is 10.1. The molecule has 0 bridgehead atoms. The highest BCUT2D eigenvalue weighted by molar-refractivity contribution is 5.96. The Labute approximate surface area is 151 Å². The lowest BCUT2D eigenvalue weighted by Gasteiger charge is -2.14. The highest BCUT2D eigenvalue weighted by Gasteiger charge is 2.12. The van der Waals surface area contributed by atoms with Crippen LogP contribution >= 0.6 is 0 Å². The summed E-state index contributed by atoms with van der Waals surface area (Å²) in [6.07, 6.45) is 1.37. The number of nitrogen functional groups attached to an aromatic ring is 1. The Morgan fingerprint density at radius 1 is 0.923 bits per heavy atom. The van der Waals surface area contributed by atoms with E-state index in [4.69, 9.17) is 5.73 Å². The predicted octanol–water partition coefficient (Wildman–Crippen LogP) is 3.18. The number of carbonyl (C=O) groups excluding carboxylic acids is 1. The van der Waals surface area contributed by atoms with Gasteiger partial charge in [-0.25, -0.2) is 9.97 Å². The quantitative estimate of drug-likeness (QED) is 0.528. The minimum Gasteiger partial charge on any atom is -0.393 e. The van der Waals surface area contributed by atoms with E-state index in [1.165, 1.54) is 6.33 Å². The number of aromatic nitrogens is 2. The molecule has 1 amide bonds. The number of hydrogen-bond acceptors (Lipinski definition) is 6. The molecule has 26 heavy (non-hydrogen) atoms. The second kappa shape index (κ2) is 7.52. The van der Waals surface area contributed by atoms with Gasteiger partial charge in [-0.05, 0) is 37.1 Å². The molecule has 5 N–H and O–H groups in total. The molecule has 0 aliphatic carbocycles. The molecule has 0 radical (unpaired) electrons. The van der Waals surface area contributed by atoms with Crippen LogP contribution in [0.15, 0.2) is 54.9 Å². The number of anilines is 4. The van der Waals surface area contributed by atoms with E-state index >= 15 is 0 Å². The van der Waals surface area contributed by atoms with Crippen molar-refractivity contribution in [2.45, 2.75) is 13.8 Å². The Morgan fingerprint density at radius 3 is 2.31 bits per heavy atom. The Kier molecular flexibility index (Phi) is 4.98. The van der Waals surface area contributed by atoms with Crippen LogP contribution in [0.2, 0.25) is 0 Å². The van der Waals surface area contributed by atoms with Crippen LogP contribution in [-0.4, -0.2) is 15.9 Å². The smallest absolute Gasteiger partial charge is 0.269 e. The van der Waals surface area contributed by atoms with Crippen molar-refractivity contribution < 1.29 is 4.79 Å². The second-order valence-electron chi connectivity index (χ2n) is 5.82. The molecule has 0 saturated heterocycles. The molecule has 3 rings (SSSR count). The van der Waals surface area contributed by atoms with Gasteiger partial charge in [0.1, 0.15) is 12.0 Å². The normalized spacial score (nSPS) is 10.2. The zero-order chi connectivity index (χ0) is 18.5. The lowest BCUT2D eigenvalue weighted by Crippen LogP contribution is -2.30. The molecule has 0 unspecified atom stereocenters. The van der Waals surface area contributed by atoms with Crippen molar-refractivity contribution in [2.24, 2.45) is 0 Å². The lowest BCUT2D eigenvalue weighted by molar-refractivity contribution is 0.0962. The highest BCUT2D eigenvalue weighted by atomic mass is 16.2. The minimum atomic E-state index is -0.269. The molecule has 2 aromatic carbocycles. The minimum absolute atomic E-state index is 0.269. The van der Waals surface area contributed by atoms with E-state index in [0.29, 0.717) is 22.9 Å². The number of hydrazine groups is 1. The number of benzene rings is 2. The first-order valence-electron chi connectivity index (χ1n) is 8.11. The Hall–Kier alpha value is -3.61. The van der Waals surface area contributed by atoms with Crippen molar-refractivity contribution in [2.75, 3.05) is 16.5 Å². The van der Waals surface area contributed by atoms with Gasteiger partial charge in [0.25, 0.3) is 5.91 Å². The van der Waals surface area contributed by atoms with Crippen molar-refractivity contribution in [3.05, 3.63) is 71.5 Å². The van der Waals surface area contributed by atoms with Gasteiger partial charge in [0.2, 0.25) is 0 Å². The summed E-state index contributed by atoms with van der Waals surface area (Å²) < 4.78 is 0. The standard InChI is InChI=1S/C19H20N6O/c1-12-7-3-5-9-14(12)19(26)25-24-18-16(20)17(21-11-22-18)23-15-10-6-4-8-13(15)2/h3-11H,20H2,1-2H3,(H,25,26)(H2,21,22,23,24). The van der Waals surface area contributed by atoms with Crippen LogP contribution in [0.3, 0.4) is 0 Å². The number of aryl methyl sites for hydroxylation is 2. The monoisotopic (exact) mass is 348 g/mol. The largest absolute Gasteiger partial charge is 0.393 e. The summed E-state index contributed by atoms with van der Waals surface area (Å²) in [6, 6.07) is 15.1. The zero-order valence-electron chi connectivity index (χ0n) is 14.6. The molecule has 0 aliphatic rings. The molecule has 0 fully saturated rings. The van der Waals surface area contributed by atoms with Crippen LogP contribution < -0.4 is 21.9 Å². The summed E-state index contributed by atoms with van der Waals surface area (Å²) in [5, 5.41) is 3.18. The number of nitrogens with two attached hydrogens (primary N) is 1. The van der Waals surface area contributed by atoms with Gasteiger partial charge in [-0.3, -0.25) is 15.6 Å². The van der Waals surface area contributed by atoms with E-state index in [-0.39, 0.29) is 5.91 Å². The summed E-state index contributed by atoms with van der Waals surface area (Å²) in [5.41, 5.74) is 15.2. The van der Waals surface area contributed by atoms with Gasteiger partial charge in [0.15, 0.2) is 11.6 Å². The van der Waals surface area contributed by atoms with Gasteiger partial charge in [-0.2, -0.15) is 0 Å². The van der Waals surface area contributed by atoms with Crippen LogP contribution in [0.1, 0.15) is 21.5 Å². The van der Waals surface area contributed by atoms with Gasteiger partial charge in [0, 0.05) is 11.3 Å². The molecule has 0 spiro atoms. The maximum Gasteiger partial charge on any atom is 0.269 e. The number of para-hydroxylation sites is 1. The number of hydrogen-bond donors (Lipinski definition) is 4. The number of nitrogens with zero attached hydrogens (tertiary/aromatic N) is 2. The Balaban J connectivity index is 1.74. The molecule has 0 saturated carbocycles. The van der Waals surface area contributed by atoms with Gasteiger partial charge >= 0.3 is 0 Å². The maximum atomic E-state index is 12.3. The molecule has 3 aromatic rings. The van der Waals surface area contributed by atoms with Gasteiger partial charge in [-0.15, -0.1) is 0 Å². The van der Waals surface area contributed by atoms with E-state index in [1.54, 1.807) is 6.07 Å². The topological polar surface area (TPSA) is 105 Å². The van der Waals surface area contributed by atoms with E-state index in [0.717, 1.165) is 16.8 Å². The maximum absolute atomic E-state index is 12.3. The van der Waals surface area contributed by atoms with E-state index < -0.39 is 0 Å². The summed E-state index contributed by atoms with van der Waals surface area (Å²) in [5.74, 6) is 0.509. The van der Waals surface area contributed by atoms with Crippen LogP contribution in [0.5, 0.6) is 0 Å². The fourth-order valence-electron chi connectivity index (χ4n) is 2.45. The number of rotatable bonds is 5. The fraction of sp³-hybridized carbons (Fsp3) is 0.105. The molecule has 1 heterocycles. The van der Waals surface area contributed by atoms with Gasteiger partial charge < -0.3 is 11.1 Å². The first-order valence-corrected chi connectivity index (χ1v) is 8.11. The second-order valence-corrected chi connectivity index (χ2v) is 5.82. The van der Waals surface area contributed by atoms with E-state index in [2.05, 4.69) is 26.1 Å². The molecule has 132 valence electrons. The van der Waals surface area contributed by atoms with Gasteiger partial charge in [0.05, 0.1) is 0 Å². The highest BCUT2D eigenvalue weighted by Crippen LogP contribution is 2.26. The van der Waals surface area contributed by atoms with Crippen molar-refractivity contribution in [1.29, 1.82) is 0 Å². The van der Waals surface area contributed by atoms with Crippen molar-refractivity contribution in [3.8, 4) is 0 Å². The summed E-state index contributed by atoms with van der Waals surface area (Å²) in [7, 11) is 0. The van der Waals surface area contributed by atoms with Crippen molar-refractivity contribution >= 4 is 28.9 Å². The first kappa shape index (κ1) is 17.2. The molecule has 0 atom stereocenters. The Bertz CT molecular complexity index is 941. The Morgan fingerprint density at radius 2 is 1.58 bits per heavy atom. The summed E-state index contributed by atoms with van der Waals surface area (Å²) in [6.45, 7) is 3.86. The summed E-state index contributed by atoms with van der Waals surface area (Å²) >= 11 is 0. The number of amides is 1. The van der Waals surface area contributed by atoms with Crippen LogP contribution in [0.25, 0.3) is 0 Å². The SMILES string of the molecule is Cc1ccccc1Nc1ncnc(NNC(=O)c2ccccc2C)c1N. The van der Waals surface area contributed by atoms with Crippen LogP contribution in [-0.2, 0) is 0 Å². The van der Waals surface area contributed by atoms with E-state index in [9.17, 15) is 4.79 Å². The molecule has 7 nitrogen and oxygen atoms in total. The third-order valence-electron chi connectivity index (χ3n) is 3.97. The third kappa shape index (κ3) is 3.72. The average Bonchev–Trinajstić information content (AvgIpc) is 2.64.